The Morgan fingerprint density at radius 2 is 1.90 bits per heavy atom. The van der Waals surface area contributed by atoms with Crippen molar-refractivity contribution in [3.63, 3.8) is 0 Å². The van der Waals surface area contributed by atoms with Crippen molar-refractivity contribution in [1.82, 2.24) is 5.23 Å². The maximum Gasteiger partial charge on any atom is 0.374 e. The average molecular weight is 295 g/mol. The zero-order chi connectivity index (χ0) is 15.7. The van der Waals surface area contributed by atoms with E-state index in [1.54, 1.807) is 0 Å². The molecule has 0 aromatic heterocycles. The van der Waals surface area contributed by atoms with E-state index in [0.717, 1.165) is 5.56 Å². The normalized spacial score (nSPS) is 12.2. The molecule has 0 fully saturated rings. The first-order chi connectivity index (χ1) is 10.1. The first-order valence-electron chi connectivity index (χ1n) is 6.77. The van der Waals surface area contributed by atoms with Crippen LogP contribution in [0.1, 0.15) is 12.0 Å². The number of benzene rings is 1. The maximum absolute atomic E-state index is 12.1. The summed E-state index contributed by atoms with van der Waals surface area (Å²) in [5, 5.41) is 12.2. The number of carbonyl (C=O) groups is 1. The summed E-state index contributed by atoms with van der Waals surface area (Å²) in [5.41, 5.74) is 0.900. The maximum atomic E-state index is 12.1. The lowest BCUT2D eigenvalue weighted by Gasteiger charge is -2.22. The monoisotopic (exact) mass is 295 g/mol. The second-order valence-corrected chi connectivity index (χ2v) is 4.63. The van der Waals surface area contributed by atoms with Crippen LogP contribution in [0.4, 0.5) is 0 Å². The molecule has 0 aliphatic rings. The first-order valence-corrected chi connectivity index (χ1v) is 6.77. The van der Waals surface area contributed by atoms with Crippen LogP contribution in [0.2, 0.25) is 6.82 Å². The van der Waals surface area contributed by atoms with Gasteiger partial charge in [-0.1, -0.05) is 30.3 Å². The SMILES string of the molecule is COC(C[C@H](NB(C)O)C(=O)OCc1ccccc1)OC. The van der Waals surface area contributed by atoms with Crippen LogP contribution in [0.15, 0.2) is 30.3 Å². The molecule has 0 amide bonds. The summed E-state index contributed by atoms with van der Waals surface area (Å²) < 4.78 is 15.4. The molecule has 0 unspecified atom stereocenters. The average Bonchev–Trinajstić information content (AvgIpc) is 2.49. The van der Waals surface area contributed by atoms with Gasteiger partial charge in [0, 0.05) is 20.6 Å². The number of methoxy groups -OCH3 is 2. The molecular formula is C14H22BNO5. The van der Waals surface area contributed by atoms with E-state index in [1.165, 1.54) is 21.0 Å². The molecule has 1 rings (SSSR count). The third-order valence-electron chi connectivity index (χ3n) is 2.90. The number of hydrogen-bond acceptors (Lipinski definition) is 6. The third kappa shape index (κ3) is 6.72. The molecule has 7 heteroatoms. The van der Waals surface area contributed by atoms with Crippen molar-refractivity contribution in [2.45, 2.75) is 32.2 Å². The van der Waals surface area contributed by atoms with Gasteiger partial charge in [-0.15, -0.1) is 0 Å². The Hall–Kier alpha value is -1.41. The van der Waals surface area contributed by atoms with E-state index < -0.39 is 25.4 Å². The van der Waals surface area contributed by atoms with Gasteiger partial charge in [0.2, 0.25) is 0 Å². The van der Waals surface area contributed by atoms with Crippen molar-refractivity contribution in [3.8, 4) is 0 Å². The van der Waals surface area contributed by atoms with Gasteiger partial charge in [0.05, 0.1) is 0 Å². The second kappa shape index (κ2) is 9.52. The number of carbonyl (C=O) groups excluding carboxylic acids is 1. The molecule has 0 aliphatic heterocycles. The highest BCUT2D eigenvalue weighted by molar-refractivity contribution is 6.46. The van der Waals surface area contributed by atoms with Crippen LogP contribution in [0.25, 0.3) is 0 Å². The quantitative estimate of drug-likeness (QED) is 0.399. The summed E-state index contributed by atoms with van der Waals surface area (Å²) >= 11 is 0. The van der Waals surface area contributed by atoms with Crippen LogP contribution < -0.4 is 5.23 Å². The lowest BCUT2D eigenvalue weighted by atomic mass is 9.86. The molecule has 0 bridgehead atoms. The molecule has 0 saturated heterocycles. The Morgan fingerprint density at radius 3 is 2.43 bits per heavy atom. The largest absolute Gasteiger partial charge is 0.460 e. The Labute approximate surface area is 125 Å². The van der Waals surface area contributed by atoms with Crippen molar-refractivity contribution in [2.75, 3.05) is 14.2 Å². The van der Waals surface area contributed by atoms with Gasteiger partial charge in [-0.3, -0.25) is 4.79 Å². The summed E-state index contributed by atoms with van der Waals surface area (Å²) in [5.74, 6) is -0.459. The summed E-state index contributed by atoms with van der Waals surface area (Å²) in [7, 11) is 2.14. The number of esters is 1. The summed E-state index contributed by atoms with van der Waals surface area (Å²) in [6.07, 6.45) is -0.309. The fourth-order valence-electron chi connectivity index (χ4n) is 1.83. The van der Waals surface area contributed by atoms with Crippen LogP contribution in [-0.4, -0.2) is 44.6 Å². The van der Waals surface area contributed by atoms with Gasteiger partial charge in [-0.25, -0.2) is 0 Å². The molecule has 2 N–H and O–H groups in total. The Balaban J connectivity index is 2.57. The molecule has 0 radical (unpaired) electrons. The number of ether oxygens (including phenoxy) is 3. The van der Waals surface area contributed by atoms with Crippen LogP contribution >= 0.6 is 0 Å². The molecule has 116 valence electrons. The molecule has 21 heavy (non-hydrogen) atoms. The van der Waals surface area contributed by atoms with E-state index in [4.69, 9.17) is 14.2 Å². The van der Waals surface area contributed by atoms with Crippen molar-refractivity contribution in [2.24, 2.45) is 0 Å². The van der Waals surface area contributed by atoms with Crippen LogP contribution in [0.3, 0.4) is 0 Å². The topological polar surface area (TPSA) is 77.0 Å². The van der Waals surface area contributed by atoms with Gasteiger partial charge in [0.25, 0.3) is 0 Å². The highest BCUT2D eigenvalue weighted by Gasteiger charge is 2.26. The standard InChI is InChI=1S/C14H22BNO5/c1-15(18)16-12(9-13(19-2)20-3)14(17)21-10-11-7-5-4-6-8-11/h4-8,12-13,16,18H,9-10H2,1-3H3/t12-/m0/s1. The lowest BCUT2D eigenvalue weighted by Crippen LogP contribution is -2.47. The van der Waals surface area contributed by atoms with Gasteiger partial charge in [-0.05, 0) is 12.4 Å². The molecule has 1 atom stereocenters. The number of nitrogens with one attached hydrogen (secondary N) is 1. The van der Waals surface area contributed by atoms with Gasteiger partial charge in [0.1, 0.15) is 12.6 Å². The van der Waals surface area contributed by atoms with Gasteiger partial charge < -0.3 is 24.5 Å². The minimum absolute atomic E-state index is 0.183. The van der Waals surface area contributed by atoms with Crippen molar-refractivity contribution in [1.29, 1.82) is 0 Å². The van der Waals surface area contributed by atoms with Gasteiger partial charge in [-0.2, -0.15) is 0 Å². The number of rotatable bonds is 9. The minimum atomic E-state index is -0.839. The van der Waals surface area contributed by atoms with E-state index in [1.807, 2.05) is 30.3 Å². The van der Waals surface area contributed by atoms with Crippen LogP contribution in [-0.2, 0) is 25.6 Å². The fraction of sp³-hybridized carbons (Fsp3) is 0.500. The molecule has 0 heterocycles. The highest BCUT2D eigenvalue weighted by atomic mass is 16.7. The zero-order valence-corrected chi connectivity index (χ0v) is 12.6. The second-order valence-electron chi connectivity index (χ2n) is 4.63. The lowest BCUT2D eigenvalue weighted by molar-refractivity contribution is -0.153. The smallest absolute Gasteiger partial charge is 0.374 e. The molecular weight excluding hydrogens is 273 g/mol. The van der Waals surface area contributed by atoms with E-state index in [0.29, 0.717) is 0 Å². The summed E-state index contributed by atoms with van der Waals surface area (Å²) in [6.45, 7) is 1.72. The van der Waals surface area contributed by atoms with Crippen LogP contribution in [0.5, 0.6) is 0 Å². The predicted molar refractivity (Wildman–Crippen MR) is 79.4 cm³/mol. The van der Waals surface area contributed by atoms with Crippen molar-refractivity contribution >= 4 is 13.0 Å². The third-order valence-corrected chi connectivity index (χ3v) is 2.90. The Kier molecular flexibility index (Phi) is 8.00. The van der Waals surface area contributed by atoms with E-state index in [2.05, 4.69) is 5.23 Å². The van der Waals surface area contributed by atoms with Gasteiger partial charge >= 0.3 is 13.0 Å². The van der Waals surface area contributed by atoms with E-state index >= 15 is 0 Å². The Bertz CT molecular complexity index is 411. The van der Waals surface area contributed by atoms with E-state index in [-0.39, 0.29) is 13.0 Å². The van der Waals surface area contributed by atoms with Crippen molar-refractivity contribution < 1.29 is 24.0 Å². The fourth-order valence-corrected chi connectivity index (χ4v) is 1.83. The number of hydrogen-bond donors (Lipinski definition) is 2. The van der Waals surface area contributed by atoms with E-state index in [9.17, 15) is 9.82 Å². The molecule has 1 aromatic rings. The van der Waals surface area contributed by atoms with Gasteiger partial charge in [0.15, 0.2) is 6.29 Å². The molecule has 6 nitrogen and oxygen atoms in total. The minimum Gasteiger partial charge on any atom is -0.460 e. The molecule has 1 aromatic carbocycles. The summed E-state index contributed by atoms with van der Waals surface area (Å²) in [6, 6.07) is 8.68. The predicted octanol–water partition coefficient (Wildman–Crippen LogP) is 0.807. The summed E-state index contributed by atoms with van der Waals surface area (Å²) in [4.78, 5) is 12.1. The molecule has 0 saturated carbocycles. The zero-order valence-electron chi connectivity index (χ0n) is 12.6. The highest BCUT2D eigenvalue weighted by Crippen LogP contribution is 2.08. The molecule has 0 spiro atoms. The Morgan fingerprint density at radius 1 is 1.29 bits per heavy atom. The first kappa shape index (κ1) is 17.6. The van der Waals surface area contributed by atoms with Crippen LogP contribution in [0, 0.1) is 0 Å². The van der Waals surface area contributed by atoms with Crippen molar-refractivity contribution in [3.05, 3.63) is 35.9 Å². The molecule has 0 aliphatic carbocycles.